The summed E-state index contributed by atoms with van der Waals surface area (Å²) in [5.74, 6) is 6.10. The van der Waals surface area contributed by atoms with Crippen LogP contribution in [-0.2, 0) is 46.5 Å². The monoisotopic (exact) mass is 1730 g/mol. The molecule has 0 amide bonds. The Morgan fingerprint density at radius 3 is 1.02 bits per heavy atom. The second-order valence-electron chi connectivity index (χ2n) is 27.1. The van der Waals surface area contributed by atoms with Gasteiger partial charge in [0.05, 0.1) is 26.7 Å². The molecule has 4 aliphatic heterocycles. The summed E-state index contributed by atoms with van der Waals surface area (Å²) >= 11 is 0. The van der Waals surface area contributed by atoms with Crippen LogP contribution in [0.25, 0.3) is 23.3 Å². The lowest BCUT2D eigenvalue weighted by Gasteiger charge is -2.17. The summed E-state index contributed by atoms with van der Waals surface area (Å²) in [6.07, 6.45) is 12.0. The van der Waals surface area contributed by atoms with Gasteiger partial charge in [-0.3, -0.25) is 0 Å². The molecule has 12 heterocycles. The van der Waals surface area contributed by atoms with Gasteiger partial charge in [0.1, 0.15) is 42.8 Å². The molecule has 28 N–H and O–H groups in total. The fourth-order valence-electron chi connectivity index (χ4n) is 12.4. The minimum absolute atomic E-state index is 0.000679. The van der Waals surface area contributed by atoms with Crippen molar-refractivity contribution >= 4 is 134 Å². The van der Waals surface area contributed by atoms with Crippen LogP contribution in [0.3, 0.4) is 0 Å². The number of anilines is 16. The van der Waals surface area contributed by atoms with E-state index in [1.54, 1.807) is 66.7 Å². The van der Waals surface area contributed by atoms with Crippen LogP contribution in [0.5, 0.6) is 5.75 Å². The van der Waals surface area contributed by atoms with Gasteiger partial charge in [0, 0.05) is 90.8 Å². The Kier molecular flexibility index (Phi) is 26.5. The number of nitrogens with two attached hydrogens (primary N) is 8. The number of hydrogen-bond acceptors (Lipinski definition) is 41. The molecule has 636 valence electrons. The molecule has 0 saturated carbocycles. The summed E-state index contributed by atoms with van der Waals surface area (Å²) in [6, 6.07) is 28.1. The number of allylic oxidation sites excluding steroid dienone is 1. The van der Waals surface area contributed by atoms with Crippen LogP contribution in [0.1, 0.15) is 31.2 Å². The van der Waals surface area contributed by atoms with Crippen LogP contribution in [0.15, 0.2) is 167 Å². The topological polar surface area (TPSA) is 724 Å². The smallest absolute Gasteiger partial charge is 0.248 e. The highest BCUT2D eigenvalue weighted by atomic mass is 32.2. The lowest BCUT2D eigenvalue weighted by Crippen LogP contribution is -2.24. The number of aromatic nitrogens is 20. The SMILES string of the molecule is C=CCc1c(NC2CCNC2)ncnc1-n1nc(Nc2ccc(S(N)(=O)=O)cc2)nc1N.COc1c(NC2CCNC2)ncnc1-n1nc(Nc2ccc(S(N)(=O)=O)cc2)nc1N.Nc1nc(Nc2ccc(S(N)(=O)=O)cc2)nn1-c1cc(N[C@@H]2CCNC2)ncn1.Nc1nc(Nc2ccc(S(N)(=O)=O)cc2)nn1-c1cc(N[C@H]2CCNC2)ncn1. The molecule has 121 heavy (non-hydrogen) atoms. The maximum atomic E-state index is 11.4. The first kappa shape index (κ1) is 85.3. The normalized spacial score (nSPS) is 16.4. The van der Waals surface area contributed by atoms with Crippen molar-refractivity contribution in [2.45, 2.75) is 75.9 Å². The molecule has 53 heteroatoms. The minimum Gasteiger partial charge on any atom is -0.490 e. The average molecular weight is 1740 g/mol. The first-order chi connectivity index (χ1) is 58.0. The van der Waals surface area contributed by atoms with Crippen molar-refractivity contribution in [2.75, 3.05) is 125 Å². The number of primary sulfonamides is 4. The third-order valence-corrected chi connectivity index (χ3v) is 22.0. The van der Waals surface area contributed by atoms with Crippen molar-refractivity contribution < 1.29 is 38.4 Å². The Bertz CT molecular complexity index is 5900. The second-order valence-corrected chi connectivity index (χ2v) is 33.3. The molecule has 4 fully saturated rings. The van der Waals surface area contributed by atoms with Gasteiger partial charge in [0.15, 0.2) is 23.3 Å². The van der Waals surface area contributed by atoms with Crippen LogP contribution in [0.2, 0.25) is 0 Å². The van der Waals surface area contributed by atoms with E-state index in [9.17, 15) is 33.7 Å². The van der Waals surface area contributed by atoms with E-state index in [0.29, 0.717) is 93.5 Å². The Balaban J connectivity index is 0.000000139. The molecule has 4 saturated heterocycles. The maximum Gasteiger partial charge on any atom is 0.248 e. The predicted molar refractivity (Wildman–Crippen MR) is 450 cm³/mol. The molecule has 0 radical (unpaired) electrons. The van der Waals surface area contributed by atoms with Crippen molar-refractivity contribution in [2.24, 2.45) is 20.6 Å². The molecular weight excluding hydrogens is 1650 g/mol. The van der Waals surface area contributed by atoms with Gasteiger partial charge in [-0.25, -0.2) is 94.1 Å². The Labute approximate surface area is 691 Å². The van der Waals surface area contributed by atoms with E-state index in [1.807, 2.05) is 0 Å². The van der Waals surface area contributed by atoms with Crippen LogP contribution in [0.4, 0.5) is 93.6 Å². The number of benzene rings is 4. The van der Waals surface area contributed by atoms with E-state index >= 15 is 0 Å². The number of nitrogens with zero attached hydrogens (tertiary/aromatic N) is 20. The molecule has 0 bridgehead atoms. The summed E-state index contributed by atoms with van der Waals surface area (Å²) < 4.78 is 102. The fraction of sp³-hybridized carbons (Fsp3) is 0.265. The molecule has 4 atom stereocenters. The van der Waals surface area contributed by atoms with E-state index in [1.165, 1.54) is 99.7 Å². The molecule has 8 aromatic heterocycles. The Morgan fingerprint density at radius 1 is 0.405 bits per heavy atom. The van der Waals surface area contributed by atoms with Crippen LogP contribution in [0, 0.1) is 0 Å². The minimum atomic E-state index is -3.77. The summed E-state index contributed by atoms with van der Waals surface area (Å²) in [4.78, 5) is 51.0. The van der Waals surface area contributed by atoms with E-state index in [2.05, 4.69) is 151 Å². The first-order valence-electron chi connectivity index (χ1n) is 36.8. The first-order valence-corrected chi connectivity index (χ1v) is 43.0. The van der Waals surface area contributed by atoms with E-state index in [-0.39, 0.29) is 79.3 Å². The number of methoxy groups -OCH3 is 1. The van der Waals surface area contributed by atoms with Gasteiger partial charge in [-0.1, -0.05) is 6.08 Å². The van der Waals surface area contributed by atoms with E-state index in [0.717, 1.165) is 83.6 Å². The molecule has 12 aromatic rings. The Hall–Kier alpha value is -13.6. The summed E-state index contributed by atoms with van der Waals surface area (Å²) in [7, 11) is -13.5. The van der Waals surface area contributed by atoms with Crippen molar-refractivity contribution in [3.63, 3.8) is 0 Å². The molecular formula is C68H86N40O9S4. The summed E-state index contributed by atoms with van der Waals surface area (Å²) in [5.41, 5.74) is 27.2. The lowest BCUT2D eigenvalue weighted by atomic mass is 10.1. The number of ether oxygens (including phenoxy) is 1. The standard InChI is InChI=1S/C19H24N10O2S.C17H22N10O3S.2C16H20N10O2S/c1-2-3-15-16(25-13-8-9-22-10-13)23-11-24-17(15)29-18(20)27-19(28-29)26-12-4-6-14(7-5-12)32(21,30)31;1-30-13-14(23-11-6-7-20-8-11)21-9-22-15(13)27-16(18)25-17(26-27)24-10-2-4-12(5-3-10)31(19,28)29;2*17-15-24-16(23-10-1-3-12(4-2-10)29(18,27)28)25-26(15)14-7-13(20-9-21-14)22-11-5-6-19-8-11/h2,4-7,11,13,22H,1,3,8-10H2,(H2,21,30,31)(H,23,24,25)(H3,20,26,27,28);2-5,9,11,20H,6-8H2,1H3,(H2,19,28,29)(H,21,22,23)(H3,18,24,25,26);2*1-4,7,9,11,19H,5-6,8H2,(H2,18,27,28)(H,20,21,22)(H3,17,23,24,25)/t;;2*11-/m..10/s1. The summed E-state index contributed by atoms with van der Waals surface area (Å²) in [6.45, 7) is 11.1. The molecule has 49 nitrogen and oxygen atoms in total. The van der Waals surface area contributed by atoms with Crippen LogP contribution >= 0.6 is 0 Å². The van der Waals surface area contributed by atoms with Gasteiger partial charge in [-0.15, -0.1) is 27.0 Å². The maximum absolute atomic E-state index is 11.4. The zero-order chi connectivity index (χ0) is 85.6. The van der Waals surface area contributed by atoms with Gasteiger partial charge >= 0.3 is 0 Å². The van der Waals surface area contributed by atoms with Crippen LogP contribution in [-0.4, -0.2) is 216 Å². The zero-order valence-corrected chi connectivity index (χ0v) is 67.6. The van der Waals surface area contributed by atoms with Gasteiger partial charge in [-0.2, -0.15) is 38.7 Å². The number of nitrogens with one attached hydrogen (secondary N) is 12. The fourth-order valence-corrected chi connectivity index (χ4v) is 14.5. The number of nitrogen functional groups attached to an aromatic ring is 4. The zero-order valence-electron chi connectivity index (χ0n) is 64.4. The van der Waals surface area contributed by atoms with Gasteiger partial charge in [0.2, 0.25) is 99.2 Å². The van der Waals surface area contributed by atoms with Crippen molar-refractivity contribution in [1.82, 2.24) is 120 Å². The third kappa shape index (κ3) is 22.4. The number of sulfonamides is 4. The molecule has 2 unspecified atom stereocenters. The molecule has 0 spiro atoms. The van der Waals surface area contributed by atoms with E-state index in [4.69, 9.17) is 48.2 Å². The van der Waals surface area contributed by atoms with Gasteiger partial charge < -0.3 is 91.5 Å². The molecule has 16 rings (SSSR count). The van der Waals surface area contributed by atoms with Crippen molar-refractivity contribution in [3.05, 3.63) is 153 Å². The Morgan fingerprint density at radius 2 is 0.702 bits per heavy atom. The highest BCUT2D eigenvalue weighted by molar-refractivity contribution is 7.90. The molecule has 4 aliphatic rings. The van der Waals surface area contributed by atoms with Crippen LogP contribution < -0.4 is 112 Å². The second kappa shape index (κ2) is 37.5. The molecule has 0 aliphatic carbocycles. The number of rotatable bonds is 27. The average Bonchev–Trinajstić information content (AvgIpc) is 1.76. The highest BCUT2D eigenvalue weighted by Crippen LogP contribution is 2.32. The van der Waals surface area contributed by atoms with Crippen molar-refractivity contribution in [1.29, 1.82) is 0 Å². The van der Waals surface area contributed by atoms with Gasteiger partial charge in [0.25, 0.3) is 0 Å². The number of hydrogen-bond donors (Lipinski definition) is 20. The third-order valence-electron chi connectivity index (χ3n) is 18.3. The largest absolute Gasteiger partial charge is 0.490 e. The highest BCUT2D eigenvalue weighted by Gasteiger charge is 2.26. The summed E-state index contributed by atoms with van der Waals surface area (Å²) in [5, 5.41) is 76.3. The van der Waals surface area contributed by atoms with Crippen molar-refractivity contribution in [3.8, 4) is 29.0 Å². The lowest BCUT2D eigenvalue weighted by molar-refractivity contribution is 0.408. The van der Waals surface area contributed by atoms with E-state index < -0.39 is 40.1 Å². The van der Waals surface area contributed by atoms with Gasteiger partial charge in [-0.05, 0) is 155 Å². The predicted octanol–water partition coefficient (Wildman–Crippen LogP) is -0.0457. The quantitative estimate of drug-likeness (QED) is 0.0300. The molecule has 4 aromatic carbocycles.